The molecule has 0 saturated carbocycles. The van der Waals surface area contributed by atoms with Gasteiger partial charge in [-0.1, -0.05) is 26.0 Å². The quantitative estimate of drug-likeness (QED) is 0.852. The number of amides is 1. The van der Waals surface area contributed by atoms with Crippen LogP contribution in [0.25, 0.3) is 10.8 Å². The minimum atomic E-state index is -0.0913. The van der Waals surface area contributed by atoms with E-state index in [2.05, 4.69) is 19.2 Å². The molecule has 0 heterocycles. The molecule has 0 spiro atoms. The molecule has 2 aromatic rings. The highest BCUT2D eigenvalue weighted by Gasteiger charge is 2.04. The number of hydrogen-bond donors (Lipinski definition) is 1. The number of rotatable bonds is 7. The standard InChI is InChI=1S/C18H23NO3/c1-13(2)8-9-19-18(20)12-22-17-7-5-14-4-6-16(21-3)10-15(14)11-17/h4-7,10-11,13H,8-9,12H2,1-3H3,(H,19,20). The Morgan fingerprint density at radius 3 is 2.45 bits per heavy atom. The lowest BCUT2D eigenvalue weighted by Gasteiger charge is -2.09. The molecule has 0 aliphatic rings. The highest BCUT2D eigenvalue weighted by Crippen LogP contribution is 2.24. The van der Waals surface area contributed by atoms with Crippen molar-refractivity contribution in [1.29, 1.82) is 0 Å². The Bertz CT molecular complexity index is 637. The third-order valence-electron chi connectivity index (χ3n) is 3.43. The number of carbonyl (C=O) groups is 1. The van der Waals surface area contributed by atoms with Crippen molar-refractivity contribution in [1.82, 2.24) is 5.32 Å². The predicted molar refractivity (Wildman–Crippen MR) is 88.5 cm³/mol. The summed E-state index contributed by atoms with van der Waals surface area (Å²) < 4.78 is 10.8. The third kappa shape index (κ3) is 4.65. The fourth-order valence-corrected chi connectivity index (χ4v) is 2.12. The third-order valence-corrected chi connectivity index (χ3v) is 3.43. The van der Waals surface area contributed by atoms with Crippen LogP contribution in [0.4, 0.5) is 0 Å². The van der Waals surface area contributed by atoms with Gasteiger partial charge >= 0.3 is 0 Å². The molecule has 0 unspecified atom stereocenters. The average Bonchev–Trinajstić information content (AvgIpc) is 2.51. The van der Waals surface area contributed by atoms with Crippen molar-refractivity contribution < 1.29 is 14.3 Å². The Hall–Kier alpha value is -2.23. The maximum atomic E-state index is 11.7. The summed E-state index contributed by atoms with van der Waals surface area (Å²) in [6.07, 6.45) is 0.974. The molecule has 0 radical (unpaired) electrons. The number of carbonyl (C=O) groups excluding carboxylic acids is 1. The van der Waals surface area contributed by atoms with Crippen LogP contribution < -0.4 is 14.8 Å². The van der Waals surface area contributed by atoms with Gasteiger partial charge in [0, 0.05) is 6.54 Å². The first-order chi connectivity index (χ1) is 10.6. The lowest BCUT2D eigenvalue weighted by Crippen LogP contribution is -2.30. The Morgan fingerprint density at radius 1 is 1.09 bits per heavy atom. The highest BCUT2D eigenvalue weighted by molar-refractivity contribution is 5.85. The molecule has 1 amide bonds. The predicted octanol–water partition coefficient (Wildman–Crippen LogP) is 3.39. The van der Waals surface area contributed by atoms with Gasteiger partial charge in [-0.2, -0.15) is 0 Å². The van der Waals surface area contributed by atoms with Crippen LogP contribution in [0.3, 0.4) is 0 Å². The van der Waals surface area contributed by atoms with Gasteiger partial charge in [0.1, 0.15) is 11.5 Å². The first kappa shape index (κ1) is 16.1. The summed E-state index contributed by atoms with van der Waals surface area (Å²) in [7, 11) is 1.64. The minimum absolute atomic E-state index is 0.0353. The molecular weight excluding hydrogens is 278 g/mol. The monoisotopic (exact) mass is 301 g/mol. The first-order valence-electron chi connectivity index (χ1n) is 7.56. The topological polar surface area (TPSA) is 47.6 Å². The van der Waals surface area contributed by atoms with Crippen molar-refractivity contribution in [2.75, 3.05) is 20.3 Å². The van der Waals surface area contributed by atoms with Crippen molar-refractivity contribution in [3.8, 4) is 11.5 Å². The van der Waals surface area contributed by atoms with Gasteiger partial charge in [0.2, 0.25) is 0 Å². The van der Waals surface area contributed by atoms with E-state index in [1.165, 1.54) is 0 Å². The maximum absolute atomic E-state index is 11.7. The largest absolute Gasteiger partial charge is 0.497 e. The summed E-state index contributed by atoms with van der Waals surface area (Å²) >= 11 is 0. The Balaban J connectivity index is 1.92. The highest BCUT2D eigenvalue weighted by atomic mass is 16.5. The zero-order valence-corrected chi connectivity index (χ0v) is 13.4. The van der Waals surface area contributed by atoms with Crippen LogP contribution in [-0.4, -0.2) is 26.2 Å². The smallest absolute Gasteiger partial charge is 0.257 e. The molecule has 0 bridgehead atoms. The van der Waals surface area contributed by atoms with Gasteiger partial charge in [-0.15, -0.1) is 0 Å². The maximum Gasteiger partial charge on any atom is 0.257 e. The van der Waals surface area contributed by atoms with E-state index in [-0.39, 0.29) is 12.5 Å². The number of ether oxygens (including phenoxy) is 2. The van der Waals surface area contributed by atoms with E-state index >= 15 is 0 Å². The Kier molecular flexibility index (Phi) is 5.64. The van der Waals surface area contributed by atoms with Crippen LogP contribution in [0.2, 0.25) is 0 Å². The fraction of sp³-hybridized carbons (Fsp3) is 0.389. The molecule has 4 nitrogen and oxygen atoms in total. The van der Waals surface area contributed by atoms with E-state index in [4.69, 9.17) is 9.47 Å². The van der Waals surface area contributed by atoms with Gasteiger partial charge in [-0.05, 0) is 47.4 Å². The van der Waals surface area contributed by atoms with Crippen LogP contribution >= 0.6 is 0 Å². The van der Waals surface area contributed by atoms with Crippen molar-refractivity contribution in [3.63, 3.8) is 0 Å². The molecule has 0 aliphatic carbocycles. The first-order valence-corrected chi connectivity index (χ1v) is 7.56. The lowest BCUT2D eigenvalue weighted by molar-refractivity contribution is -0.123. The van der Waals surface area contributed by atoms with E-state index in [1.807, 2.05) is 36.4 Å². The van der Waals surface area contributed by atoms with Crippen molar-refractivity contribution in [3.05, 3.63) is 36.4 Å². The summed E-state index contributed by atoms with van der Waals surface area (Å²) in [6, 6.07) is 11.6. The number of nitrogens with one attached hydrogen (secondary N) is 1. The normalized spacial score (nSPS) is 10.7. The zero-order valence-electron chi connectivity index (χ0n) is 13.4. The van der Waals surface area contributed by atoms with Crippen LogP contribution in [-0.2, 0) is 4.79 Å². The second-order valence-electron chi connectivity index (χ2n) is 5.70. The van der Waals surface area contributed by atoms with Gasteiger partial charge in [-0.3, -0.25) is 4.79 Å². The molecule has 0 aliphatic heterocycles. The lowest BCUT2D eigenvalue weighted by atomic mass is 10.1. The van der Waals surface area contributed by atoms with E-state index in [9.17, 15) is 4.79 Å². The number of hydrogen-bond acceptors (Lipinski definition) is 3. The molecule has 2 aromatic carbocycles. The molecule has 1 N–H and O–H groups in total. The molecule has 0 atom stereocenters. The number of methoxy groups -OCH3 is 1. The van der Waals surface area contributed by atoms with E-state index < -0.39 is 0 Å². The summed E-state index contributed by atoms with van der Waals surface area (Å²) in [5.41, 5.74) is 0. The van der Waals surface area contributed by atoms with Crippen molar-refractivity contribution in [2.45, 2.75) is 20.3 Å². The molecule has 0 aromatic heterocycles. The number of benzene rings is 2. The fourth-order valence-electron chi connectivity index (χ4n) is 2.12. The number of fused-ring (bicyclic) bond motifs is 1. The zero-order chi connectivity index (χ0) is 15.9. The van der Waals surface area contributed by atoms with Crippen molar-refractivity contribution in [2.24, 2.45) is 5.92 Å². The van der Waals surface area contributed by atoms with Crippen LogP contribution in [0, 0.1) is 5.92 Å². The van der Waals surface area contributed by atoms with Gasteiger partial charge in [0.15, 0.2) is 6.61 Å². The molecular formula is C18H23NO3. The summed E-state index contributed by atoms with van der Waals surface area (Å²) in [5, 5.41) is 4.99. The van der Waals surface area contributed by atoms with Crippen LogP contribution in [0.1, 0.15) is 20.3 Å². The molecule has 4 heteroatoms. The van der Waals surface area contributed by atoms with E-state index in [0.29, 0.717) is 18.2 Å². The second kappa shape index (κ2) is 7.69. The van der Waals surface area contributed by atoms with E-state index in [1.54, 1.807) is 7.11 Å². The minimum Gasteiger partial charge on any atom is -0.497 e. The van der Waals surface area contributed by atoms with E-state index in [0.717, 1.165) is 22.9 Å². The summed E-state index contributed by atoms with van der Waals surface area (Å²) in [6.45, 7) is 4.99. The van der Waals surface area contributed by atoms with Crippen LogP contribution in [0.5, 0.6) is 11.5 Å². The molecule has 0 saturated heterocycles. The Labute approximate surface area is 131 Å². The summed E-state index contributed by atoms with van der Waals surface area (Å²) in [5.74, 6) is 1.97. The van der Waals surface area contributed by atoms with Gasteiger partial charge in [0.05, 0.1) is 7.11 Å². The SMILES string of the molecule is COc1ccc2ccc(OCC(=O)NCCC(C)C)cc2c1. The van der Waals surface area contributed by atoms with Crippen molar-refractivity contribution >= 4 is 16.7 Å². The van der Waals surface area contributed by atoms with Gasteiger partial charge in [-0.25, -0.2) is 0 Å². The molecule has 0 fully saturated rings. The van der Waals surface area contributed by atoms with Crippen LogP contribution in [0.15, 0.2) is 36.4 Å². The van der Waals surface area contributed by atoms with Gasteiger partial charge < -0.3 is 14.8 Å². The molecule has 2 rings (SSSR count). The Morgan fingerprint density at radius 2 is 1.77 bits per heavy atom. The van der Waals surface area contributed by atoms with Gasteiger partial charge in [0.25, 0.3) is 5.91 Å². The summed E-state index contributed by atoms with van der Waals surface area (Å²) in [4.78, 5) is 11.7. The molecule has 22 heavy (non-hydrogen) atoms. The molecule has 118 valence electrons. The second-order valence-corrected chi connectivity index (χ2v) is 5.70. The average molecular weight is 301 g/mol.